The molecule has 196 valence electrons. The Hall–Kier alpha value is -5.04. The predicted octanol–water partition coefficient (Wildman–Crippen LogP) is 4.23. The molecule has 1 aliphatic heterocycles. The number of anilines is 1. The Bertz CT molecular complexity index is 1670. The van der Waals surface area contributed by atoms with Gasteiger partial charge in [0.25, 0.3) is 5.91 Å². The third-order valence-electron chi connectivity index (χ3n) is 8.60. The molecule has 40 heavy (non-hydrogen) atoms. The zero-order valence-corrected chi connectivity index (χ0v) is 21.5. The van der Waals surface area contributed by atoms with E-state index in [0.717, 1.165) is 27.8 Å². The Morgan fingerprint density at radius 2 is 1.43 bits per heavy atom. The summed E-state index contributed by atoms with van der Waals surface area (Å²) in [6, 6.07) is 32.2. The lowest BCUT2D eigenvalue weighted by atomic mass is 9.47. The Balaban J connectivity index is 1.37. The van der Waals surface area contributed by atoms with Crippen molar-refractivity contribution >= 4 is 29.6 Å². The van der Waals surface area contributed by atoms with Crippen molar-refractivity contribution in [1.82, 2.24) is 10.3 Å². The monoisotopic (exact) mass is 526 g/mol. The maximum absolute atomic E-state index is 14.3. The average Bonchev–Trinajstić information content (AvgIpc) is 3.24. The van der Waals surface area contributed by atoms with Gasteiger partial charge in [-0.05, 0) is 39.9 Å². The van der Waals surface area contributed by atoms with E-state index in [2.05, 4.69) is 10.5 Å². The molecule has 7 heteroatoms. The highest BCUT2D eigenvalue weighted by Crippen LogP contribution is 2.63. The molecule has 4 aromatic rings. The number of hydrazone groups is 1. The molecular formula is C33H26N4O3. The highest BCUT2D eigenvalue weighted by molar-refractivity contribution is 6.11. The molecule has 7 nitrogen and oxygen atoms in total. The molecule has 1 heterocycles. The summed E-state index contributed by atoms with van der Waals surface area (Å²) in [5, 5.41) is 4.44. The number of likely N-dealkylation sites (tertiary alicyclic amines) is 1. The summed E-state index contributed by atoms with van der Waals surface area (Å²) < 4.78 is 0. The van der Waals surface area contributed by atoms with Crippen molar-refractivity contribution in [3.63, 3.8) is 0 Å². The number of carbonyl (C=O) groups excluding carboxylic acids is 3. The summed E-state index contributed by atoms with van der Waals surface area (Å²) in [5.74, 6) is -2.37. The first kappa shape index (κ1) is 24.0. The van der Waals surface area contributed by atoms with Crippen LogP contribution in [0.2, 0.25) is 0 Å². The second-order valence-electron chi connectivity index (χ2n) is 10.6. The van der Waals surface area contributed by atoms with Crippen LogP contribution < -0.4 is 11.2 Å². The minimum atomic E-state index is -1.04. The lowest BCUT2D eigenvalue weighted by Crippen LogP contribution is -2.54. The zero-order chi connectivity index (χ0) is 27.4. The van der Waals surface area contributed by atoms with E-state index >= 15 is 0 Å². The van der Waals surface area contributed by atoms with Crippen LogP contribution >= 0.6 is 0 Å². The molecule has 3 N–H and O–H groups in total. The topological polar surface area (TPSA) is 105 Å². The standard InChI is InChI=1S/C33H26N4O3/c34-26-17-9-6-14-23(26)30(38)36-35-19-33-24-15-7-4-12-21(24)27(22-13-5-8-16-25(22)33)28-29(33)32(40)37(31(28)39)18-20-10-2-1-3-11-20/h1-17,19,27-29H,18,34H2,(H,36,38)/b35-19-/t27?,28-,29-,33?/m0/s1. The molecule has 2 atom stereocenters. The number of nitrogen functional groups attached to an aromatic ring is 1. The highest BCUT2D eigenvalue weighted by Gasteiger charge is 2.67. The van der Waals surface area contributed by atoms with E-state index in [0.29, 0.717) is 11.3 Å². The summed E-state index contributed by atoms with van der Waals surface area (Å²) in [6.45, 7) is 0.210. The number of benzene rings is 4. The van der Waals surface area contributed by atoms with E-state index in [1.165, 1.54) is 4.90 Å². The van der Waals surface area contributed by atoms with Crippen LogP contribution in [0.25, 0.3) is 0 Å². The molecule has 0 spiro atoms. The van der Waals surface area contributed by atoms with Gasteiger partial charge >= 0.3 is 0 Å². The van der Waals surface area contributed by atoms with E-state index in [4.69, 9.17) is 5.73 Å². The van der Waals surface area contributed by atoms with Crippen molar-refractivity contribution in [3.05, 3.63) is 137 Å². The van der Waals surface area contributed by atoms with Gasteiger partial charge in [0.2, 0.25) is 11.8 Å². The fraction of sp³-hybridized carbons (Fsp3) is 0.152. The van der Waals surface area contributed by atoms with Crippen LogP contribution in [0.15, 0.2) is 108 Å². The third kappa shape index (κ3) is 3.30. The second-order valence-corrected chi connectivity index (χ2v) is 10.6. The van der Waals surface area contributed by atoms with Gasteiger partial charge in [-0.1, -0.05) is 91.0 Å². The number of nitrogens with zero attached hydrogens (tertiary/aromatic N) is 2. The van der Waals surface area contributed by atoms with Crippen molar-refractivity contribution in [3.8, 4) is 0 Å². The first-order chi connectivity index (χ1) is 19.5. The molecule has 0 aromatic heterocycles. The number of hydrogen-bond acceptors (Lipinski definition) is 5. The maximum Gasteiger partial charge on any atom is 0.273 e. The average molecular weight is 527 g/mol. The van der Waals surface area contributed by atoms with Crippen LogP contribution in [0.5, 0.6) is 0 Å². The zero-order valence-electron chi connectivity index (χ0n) is 21.5. The lowest BCUT2D eigenvalue weighted by Gasteiger charge is -2.52. The minimum absolute atomic E-state index is 0.174. The number of imide groups is 1. The van der Waals surface area contributed by atoms with Gasteiger partial charge in [-0.3, -0.25) is 19.3 Å². The van der Waals surface area contributed by atoms with Crippen LogP contribution in [0.4, 0.5) is 5.69 Å². The van der Waals surface area contributed by atoms with Crippen molar-refractivity contribution in [1.29, 1.82) is 0 Å². The number of nitrogens with two attached hydrogens (primary N) is 1. The van der Waals surface area contributed by atoms with Gasteiger partial charge in [0.05, 0.1) is 29.4 Å². The normalized spacial score (nSPS) is 24.1. The molecule has 1 saturated heterocycles. The number of rotatable bonds is 5. The molecule has 3 aliphatic carbocycles. The molecule has 3 amide bonds. The highest BCUT2D eigenvalue weighted by atomic mass is 16.2. The fourth-order valence-corrected chi connectivity index (χ4v) is 6.99. The van der Waals surface area contributed by atoms with Crippen LogP contribution in [-0.4, -0.2) is 28.8 Å². The molecule has 2 bridgehead atoms. The molecule has 4 aliphatic rings. The van der Waals surface area contributed by atoms with Crippen LogP contribution in [-0.2, 0) is 21.5 Å². The molecule has 0 unspecified atom stereocenters. The summed E-state index contributed by atoms with van der Waals surface area (Å²) in [5.41, 5.74) is 13.0. The van der Waals surface area contributed by atoms with Gasteiger partial charge in [-0.25, -0.2) is 5.43 Å². The summed E-state index contributed by atoms with van der Waals surface area (Å²) in [4.78, 5) is 42.7. The number of amides is 3. The molecule has 1 fully saturated rings. The number of para-hydroxylation sites is 1. The van der Waals surface area contributed by atoms with Gasteiger partial charge in [-0.2, -0.15) is 5.10 Å². The molecular weight excluding hydrogens is 500 g/mol. The van der Waals surface area contributed by atoms with Crippen molar-refractivity contribution in [2.24, 2.45) is 16.9 Å². The predicted molar refractivity (Wildman–Crippen MR) is 151 cm³/mol. The van der Waals surface area contributed by atoms with Crippen LogP contribution in [0.3, 0.4) is 0 Å². The van der Waals surface area contributed by atoms with Crippen LogP contribution in [0.1, 0.15) is 44.1 Å². The van der Waals surface area contributed by atoms with Gasteiger partial charge in [-0.15, -0.1) is 0 Å². The van der Waals surface area contributed by atoms with E-state index in [1.54, 1.807) is 30.5 Å². The largest absolute Gasteiger partial charge is 0.398 e. The van der Waals surface area contributed by atoms with Crippen molar-refractivity contribution < 1.29 is 14.4 Å². The first-order valence-corrected chi connectivity index (χ1v) is 13.3. The SMILES string of the molecule is Nc1ccccc1C(=O)N/N=C\C12c3ccccc3C(c3ccccc31)[C@@H]1C(=O)N(Cc3ccccc3)C(=O)[C@H]12. The van der Waals surface area contributed by atoms with E-state index < -0.39 is 23.2 Å². The summed E-state index contributed by atoms with van der Waals surface area (Å²) in [7, 11) is 0. The smallest absolute Gasteiger partial charge is 0.273 e. The molecule has 4 aromatic carbocycles. The Morgan fingerprint density at radius 3 is 2.10 bits per heavy atom. The van der Waals surface area contributed by atoms with E-state index in [-0.39, 0.29) is 24.3 Å². The third-order valence-corrected chi connectivity index (χ3v) is 8.60. The number of hydrogen-bond donors (Lipinski definition) is 2. The van der Waals surface area contributed by atoms with Gasteiger partial charge in [0, 0.05) is 17.8 Å². The van der Waals surface area contributed by atoms with Gasteiger partial charge < -0.3 is 5.73 Å². The van der Waals surface area contributed by atoms with Gasteiger partial charge in [0.15, 0.2) is 0 Å². The van der Waals surface area contributed by atoms with Crippen molar-refractivity contribution in [2.75, 3.05) is 5.73 Å². The lowest BCUT2D eigenvalue weighted by molar-refractivity contribution is -0.140. The number of nitrogens with one attached hydrogen (secondary N) is 1. The minimum Gasteiger partial charge on any atom is -0.398 e. The fourth-order valence-electron chi connectivity index (χ4n) is 6.99. The quantitative estimate of drug-likeness (QED) is 0.176. The Kier molecular flexibility index (Phi) is 5.42. The first-order valence-electron chi connectivity index (χ1n) is 13.3. The van der Waals surface area contributed by atoms with Gasteiger partial charge in [0.1, 0.15) is 0 Å². The maximum atomic E-state index is 14.3. The Labute approximate surface area is 231 Å². The molecule has 8 rings (SSSR count). The molecule has 0 radical (unpaired) electrons. The van der Waals surface area contributed by atoms with Crippen LogP contribution in [0, 0.1) is 11.8 Å². The van der Waals surface area contributed by atoms with E-state index in [1.807, 2.05) is 78.9 Å². The summed E-state index contributed by atoms with van der Waals surface area (Å²) >= 11 is 0. The van der Waals surface area contributed by atoms with E-state index in [9.17, 15) is 14.4 Å². The second kappa shape index (κ2) is 9.02. The summed E-state index contributed by atoms with van der Waals surface area (Å²) in [6.07, 6.45) is 1.66. The number of carbonyl (C=O) groups is 3. The van der Waals surface area contributed by atoms with Crippen molar-refractivity contribution in [2.45, 2.75) is 17.9 Å². The Morgan fingerprint density at radius 1 is 0.825 bits per heavy atom. The molecule has 0 saturated carbocycles.